The Morgan fingerprint density at radius 3 is 2.53 bits per heavy atom. The lowest BCUT2D eigenvalue weighted by Crippen LogP contribution is -2.07. The third kappa shape index (κ3) is 1.59. The van der Waals surface area contributed by atoms with Gasteiger partial charge in [-0.15, -0.1) is 0 Å². The van der Waals surface area contributed by atoms with E-state index in [9.17, 15) is 4.79 Å². The molecule has 3 rings (SSSR count). The Morgan fingerprint density at radius 1 is 1.00 bits per heavy atom. The van der Waals surface area contributed by atoms with Gasteiger partial charge in [0.05, 0.1) is 10.2 Å². The van der Waals surface area contributed by atoms with Crippen molar-refractivity contribution < 1.29 is 0 Å². The molecule has 0 bridgehead atoms. The number of aryl methyl sites for hydroxylation is 1. The zero-order valence-electron chi connectivity index (χ0n) is 9.38. The highest BCUT2D eigenvalue weighted by atomic mass is 32.1. The Labute approximate surface area is 103 Å². The molecule has 0 N–H and O–H groups in total. The van der Waals surface area contributed by atoms with Crippen LogP contribution in [0.3, 0.4) is 0 Å². The number of benzene rings is 2. The number of nitrogens with zero attached hydrogens (tertiary/aromatic N) is 1. The smallest absolute Gasteiger partial charge is 0.301 e. The van der Waals surface area contributed by atoms with Crippen molar-refractivity contribution in [1.82, 2.24) is 4.57 Å². The first kappa shape index (κ1) is 10.3. The summed E-state index contributed by atoms with van der Waals surface area (Å²) in [6.07, 6.45) is 0. The summed E-state index contributed by atoms with van der Waals surface area (Å²) in [6, 6.07) is 16.2. The standard InChI is InChI=1S/C14H11NOS/c1-15-13-11(10-6-3-2-4-7-10)8-5-9-12(13)17-14(15)16/h2-9H,1H3. The highest BCUT2D eigenvalue weighted by Gasteiger charge is 2.09. The number of thiazole rings is 1. The van der Waals surface area contributed by atoms with Crippen LogP contribution < -0.4 is 4.87 Å². The van der Waals surface area contributed by atoms with E-state index in [1.165, 1.54) is 11.3 Å². The zero-order chi connectivity index (χ0) is 11.8. The summed E-state index contributed by atoms with van der Waals surface area (Å²) >= 11 is 1.29. The van der Waals surface area contributed by atoms with E-state index in [2.05, 4.69) is 18.2 Å². The van der Waals surface area contributed by atoms with Crippen molar-refractivity contribution in [2.75, 3.05) is 0 Å². The molecular weight excluding hydrogens is 230 g/mol. The minimum absolute atomic E-state index is 0.0865. The maximum absolute atomic E-state index is 11.7. The molecule has 17 heavy (non-hydrogen) atoms. The lowest BCUT2D eigenvalue weighted by molar-refractivity contribution is 0.939. The average molecular weight is 241 g/mol. The molecule has 3 heteroatoms. The number of para-hydroxylation sites is 1. The van der Waals surface area contributed by atoms with E-state index in [1.54, 1.807) is 4.57 Å². The molecule has 3 aromatic rings. The summed E-state index contributed by atoms with van der Waals surface area (Å²) in [6.45, 7) is 0. The van der Waals surface area contributed by atoms with Gasteiger partial charge in [0.2, 0.25) is 0 Å². The normalized spacial score (nSPS) is 10.9. The maximum atomic E-state index is 11.7. The molecule has 0 saturated heterocycles. The van der Waals surface area contributed by atoms with Crippen molar-refractivity contribution in [1.29, 1.82) is 0 Å². The molecule has 84 valence electrons. The van der Waals surface area contributed by atoms with Crippen molar-refractivity contribution in [2.24, 2.45) is 7.05 Å². The van der Waals surface area contributed by atoms with Gasteiger partial charge >= 0.3 is 4.87 Å². The van der Waals surface area contributed by atoms with Crippen LogP contribution in [-0.2, 0) is 7.05 Å². The van der Waals surface area contributed by atoms with Gasteiger partial charge in [0, 0.05) is 12.6 Å². The fourth-order valence-corrected chi connectivity index (χ4v) is 2.96. The van der Waals surface area contributed by atoms with Crippen molar-refractivity contribution in [2.45, 2.75) is 0 Å². The van der Waals surface area contributed by atoms with Crippen LogP contribution in [0.25, 0.3) is 21.3 Å². The molecule has 0 aliphatic carbocycles. The first-order valence-electron chi connectivity index (χ1n) is 5.41. The van der Waals surface area contributed by atoms with Gasteiger partial charge in [-0.1, -0.05) is 53.8 Å². The zero-order valence-corrected chi connectivity index (χ0v) is 10.2. The Kier molecular flexibility index (Phi) is 2.34. The molecule has 0 aliphatic rings. The molecule has 0 fully saturated rings. The van der Waals surface area contributed by atoms with Crippen molar-refractivity contribution >= 4 is 21.6 Å². The van der Waals surface area contributed by atoms with E-state index < -0.39 is 0 Å². The highest BCUT2D eigenvalue weighted by molar-refractivity contribution is 7.16. The van der Waals surface area contributed by atoms with Crippen LogP contribution in [0.5, 0.6) is 0 Å². The molecule has 0 aliphatic heterocycles. The van der Waals surface area contributed by atoms with Crippen LogP contribution in [0.15, 0.2) is 53.3 Å². The summed E-state index contributed by atoms with van der Waals surface area (Å²) in [5.41, 5.74) is 3.28. The quantitative estimate of drug-likeness (QED) is 0.641. The third-order valence-corrected chi connectivity index (χ3v) is 3.89. The second-order valence-electron chi connectivity index (χ2n) is 3.95. The Balaban J connectivity index is 2.41. The van der Waals surface area contributed by atoms with E-state index in [1.807, 2.05) is 37.4 Å². The van der Waals surface area contributed by atoms with Gasteiger partial charge in [0.15, 0.2) is 0 Å². The lowest BCUT2D eigenvalue weighted by atomic mass is 10.0. The molecule has 0 radical (unpaired) electrons. The number of hydrogen-bond donors (Lipinski definition) is 0. The molecule has 2 aromatic carbocycles. The van der Waals surface area contributed by atoms with Gasteiger partial charge in [-0.05, 0) is 11.6 Å². The van der Waals surface area contributed by atoms with Crippen LogP contribution in [0.2, 0.25) is 0 Å². The number of fused-ring (bicyclic) bond motifs is 1. The van der Waals surface area contributed by atoms with E-state index in [-0.39, 0.29) is 4.87 Å². The molecule has 1 aromatic heterocycles. The monoisotopic (exact) mass is 241 g/mol. The molecule has 2 nitrogen and oxygen atoms in total. The molecule has 0 amide bonds. The first-order valence-corrected chi connectivity index (χ1v) is 6.23. The predicted octanol–water partition coefficient (Wildman–Crippen LogP) is 3.27. The van der Waals surface area contributed by atoms with Gasteiger partial charge in [-0.25, -0.2) is 0 Å². The second kappa shape index (κ2) is 3.86. The summed E-state index contributed by atoms with van der Waals surface area (Å²) in [7, 11) is 1.83. The maximum Gasteiger partial charge on any atom is 0.307 e. The molecule has 0 spiro atoms. The molecule has 0 atom stereocenters. The fraction of sp³-hybridized carbons (Fsp3) is 0.0714. The van der Waals surface area contributed by atoms with Crippen LogP contribution >= 0.6 is 11.3 Å². The van der Waals surface area contributed by atoms with Crippen molar-refractivity contribution in [3.63, 3.8) is 0 Å². The van der Waals surface area contributed by atoms with Gasteiger partial charge in [-0.2, -0.15) is 0 Å². The summed E-state index contributed by atoms with van der Waals surface area (Å²) < 4.78 is 2.77. The van der Waals surface area contributed by atoms with E-state index in [0.29, 0.717) is 0 Å². The van der Waals surface area contributed by atoms with Gasteiger partial charge in [0.1, 0.15) is 0 Å². The largest absolute Gasteiger partial charge is 0.307 e. The summed E-state index contributed by atoms with van der Waals surface area (Å²) in [5, 5.41) is 0. The Morgan fingerprint density at radius 2 is 1.76 bits per heavy atom. The molecule has 1 heterocycles. The molecule has 0 unspecified atom stereocenters. The Bertz CT molecular complexity index is 725. The van der Waals surface area contributed by atoms with Crippen LogP contribution in [0.1, 0.15) is 0 Å². The predicted molar refractivity (Wildman–Crippen MR) is 72.5 cm³/mol. The topological polar surface area (TPSA) is 22.0 Å². The number of aromatic nitrogens is 1. The van der Waals surface area contributed by atoms with Gasteiger partial charge < -0.3 is 4.57 Å². The number of hydrogen-bond acceptors (Lipinski definition) is 2. The summed E-state index contributed by atoms with van der Waals surface area (Å²) in [4.78, 5) is 11.8. The van der Waals surface area contributed by atoms with E-state index in [0.717, 1.165) is 21.3 Å². The van der Waals surface area contributed by atoms with Crippen LogP contribution in [-0.4, -0.2) is 4.57 Å². The van der Waals surface area contributed by atoms with Gasteiger partial charge in [0.25, 0.3) is 0 Å². The average Bonchev–Trinajstić information content (AvgIpc) is 2.66. The third-order valence-electron chi connectivity index (χ3n) is 2.89. The molecular formula is C14H11NOS. The summed E-state index contributed by atoms with van der Waals surface area (Å²) in [5.74, 6) is 0. The van der Waals surface area contributed by atoms with E-state index >= 15 is 0 Å². The van der Waals surface area contributed by atoms with Crippen molar-refractivity contribution in [3.05, 3.63) is 58.2 Å². The van der Waals surface area contributed by atoms with Crippen LogP contribution in [0.4, 0.5) is 0 Å². The van der Waals surface area contributed by atoms with Crippen LogP contribution in [0, 0.1) is 0 Å². The van der Waals surface area contributed by atoms with Crippen molar-refractivity contribution in [3.8, 4) is 11.1 Å². The minimum atomic E-state index is 0.0865. The SMILES string of the molecule is Cn1c(=O)sc2cccc(-c3ccccc3)c21. The van der Waals surface area contributed by atoms with Gasteiger partial charge in [-0.3, -0.25) is 4.79 Å². The highest BCUT2D eigenvalue weighted by Crippen LogP contribution is 2.29. The lowest BCUT2D eigenvalue weighted by Gasteiger charge is -2.04. The minimum Gasteiger partial charge on any atom is -0.301 e. The Hall–Kier alpha value is -1.87. The molecule has 0 saturated carbocycles. The second-order valence-corrected chi connectivity index (χ2v) is 4.94. The first-order chi connectivity index (χ1) is 8.27. The fourth-order valence-electron chi connectivity index (χ4n) is 2.06. The number of rotatable bonds is 1. The van der Waals surface area contributed by atoms with E-state index in [4.69, 9.17) is 0 Å².